The fraction of sp³-hybridized carbons (Fsp3) is 0.333. The third kappa shape index (κ3) is 1.55. The van der Waals surface area contributed by atoms with Crippen LogP contribution < -0.4 is 0 Å². The van der Waals surface area contributed by atoms with E-state index in [4.69, 9.17) is 0 Å². The van der Waals surface area contributed by atoms with Gasteiger partial charge in [0.15, 0.2) is 0 Å². The summed E-state index contributed by atoms with van der Waals surface area (Å²) in [6, 6.07) is -3.29. The van der Waals surface area contributed by atoms with Crippen LogP contribution in [-0.4, -0.2) is 47.0 Å². The minimum Gasteiger partial charge on any atom is -0.244 e. The van der Waals surface area contributed by atoms with Crippen molar-refractivity contribution in [2.45, 2.75) is 0 Å². The standard InChI is InChI=1S/C6H4N6O4/c13-3-7-8-4(14)11(3)1-2-12-5(15)9-10-6(12)16/h1-2H2. The first-order valence-corrected chi connectivity index (χ1v) is 4.14. The van der Waals surface area contributed by atoms with Crippen LogP contribution in [-0.2, 0) is 0 Å². The Bertz CT molecular complexity index is 376. The number of hydrogen-bond acceptors (Lipinski definition) is 4. The Labute approximate surface area is 87.6 Å². The Morgan fingerprint density at radius 3 is 1.12 bits per heavy atom. The van der Waals surface area contributed by atoms with Gasteiger partial charge in [0.05, 0.1) is 13.1 Å². The number of imide groups is 2. The van der Waals surface area contributed by atoms with Crippen LogP contribution in [0.25, 0.3) is 0 Å². The molecule has 0 N–H and O–H groups in total. The third-order valence-electron chi connectivity index (χ3n) is 1.91. The molecule has 8 amide bonds. The SMILES string of the molecule is O=C1N=NC(=O)N1CCN1C(=O)N=NC1=O. The zero-order valence-corrected chi connectivity index (χ0v) is 7.73. The van der Waals surface area contributed by atoms with Crippen LogP contribution in [0.1, 0.15) is 0 Å². The molecule has 0 radical (unpaired) electrons. The Morgan fingerprint density at radius 2 is 0.875 bits per heavy atom. The average Bonchev–Trinajstić information content (AvgIpc) is 2.72. The van der Waals surface area contributed by atoms with Gasteiger partial charge < -0.3 is 0 Å². The molecule has 2 rings (SSSR count). The van der Waals surface area contributed by atoms with Gasteiger partial charge in [0.25, 0.3) is 0 Å². The van der Waals surface area contributed by atoms with Gasteiger partial charge in [-0.25, -0.2) is 29.0 Å². The van der Waals surface area contributed by atoms with E-state index in [0.717, 1.165) is 0 Å². The van der Waals surface area contributed by atoms with Crippen molar-refractivity contribution in [3.8, 4) is 0 Å². The fourth-order valence-corrected chi connectivity index (χ4v) is 1.13. The number of carbonyl (C=O) groups excluding carboxylic acids is 4. The quantitative estimate of drug-likeness (QED) is 0.708. The summed E-state index contributed by atoms with van der Waals surface area (Å²) in [6.07, 6.45) is 0. The zero-order valence-electron chi connectivity index (χ0n) is 7.73. The van der Waals surface area contributed by atoms with Crippen molar-refractivity contribution >= 4 is 24.1 Å². The molecule has 0 saturated carbocycles. The van der Waals surface area contributed by atoms with Gasteiger partial charge in [0.1, 0.15) is 0 Å². The minimum atomic E-state index is -0.821. The second-order valence-corrected chi connectivity index (χ2v) is 2.83. The molecule has 0 aromatic rings. The van der Waals surface area contributed by atoms with Crippen molar-refractivity contribution in [1.29, 1.82) is 0 Å². The van der Waals surface area contributed by atoms with Gasteiger partial charge in [0, 0.05) is 0 Å². The van der Waals surface area contributed by atoms with Gasteiger partial charge in [-0.2, -0.15) is 0 Å². The Kier molecular flexibility index (Phi) is 2.23. The van der Waals surface area contributed by atoms with E-state index in [9.17, 15) is 19.2 Å². The topological polar surface area (TPSA) is 124 Å². The number of urea groups is 4. The predicted octanol–water partition coefficient (Wildman–Crippen LogP) is 1.00. The molecule has 10 heteroatoms. The van der Waals surface area contributed by atoms with E-state index in [1.54, 1.807) is 0 Å². The average molecular weight is 224 g/mol. The van der Waals surface area contributed by atoms with E-state index in [0.29, 0.717) is 9.80 Å². The third-order valence-corrected chi connectivity index (χ3v) is 1.91. The van der Waals surface area contributed by atoms with Gasteiger partial charge in [-0.15, -0.1) is 0 Å². The van der Waals surface area contributed by atoms with Gasteiger partial charge >= 0.3 is 24.1 Å². The Hall–Kier alpha value is -2.52. The molecule has 0 fully saturated rings. The van der Waals surface area contributed by atoms with Gasteiger partial charge in [0.2, 0.25) is 0 Å². The Morgan fingerprint density at radius 1 is 0.625 bits per heavy atom. The first kappa shape index (κ1) is 10.0. The summed E-state index contributed by atoms with van der Waals surface area (Å²) in [6.45, 7) is -0.347. The summed E-state index contributed by atoms with van der Waals surface area (Å²) in [5.74, 6) is 0. The van der Waals surface area contributed by atoms with E-state index < -0.39 is 24.1 Å². The van der Waals surface area contributed by atoms with Crippen LogP contribution in [0.2, 0.25) is 0 Å². The fourth-order valence-electron chi connectivity index (χ4n) is 1.13. The van der Waals surface area contributed by atoms with Gasteiger partial charge in [-0.05, 0) is 0 Å². The highest BCUT2D eigenvalue weighted by molar-refractivity contribution is 6.00. The molecule has 2 aliphatic heterocycles. The Balaban J connectivity index is 1.93. The van der Waals surface area contributed by atoms with Crippen LogP contribution in [0.4, 0.5) is 19.2 Å². The summed E-state index contributed by atoms with van der Waals surface area (Å²) in [5, 5.41) is 12.0. The van der Waals surface area contributed by atoms with Crippen LogP contribution in [0, 0.1) is 0 Å². The van der Waals surface area contributed by atoms with Crippen LogP contribution >= 0.6 is 0 Å². The maximum atomic E-state index is 11.0. The molecule has 2 heterocycles. The lowest BCUT2D eigenvalue weighted by atomic mass is 10.5. The summed E-state index contributed by atoms with van der Waals surface area (Å²) < 4.78 is 0. The molecule has 0 atom stereocenters. The monoisotopic (exact) mass is 224 g/mol. The molecule has 0 aromatic carbocycles. The molecule has 0 aromatic heterocycles. The lowest BCUT2D eigenvalue weighted by Gasteiger charge is -2.14. The molecule has 0 spiro atoms. The van der Waals surface area contributed by atoms with Crippen LogP contribution in [0.3, 0.4) is 0 Å². The number of carbonyl (C=O) groups is 4. The van der Waals surface area contributed by atoms with E-state index in [1.165, 1.54) is 0 Å². The lowest BCUT2D eigenvalue weighted by molar-refractivity contribution is 0.189. The smallest absolute Gasteiger partial charge is 0.244 e. The van der Waals surface area contributed by atoms with Gasteiger partial charge in [-0.1, -0.05) is 20.5 Å². The number of rotatable bonds is 3. The highest BCUT2D eigenvalue weighted by Crippen LogP contribution is 2.10. The molecule has 82 valence electrons. The molecular weight excluding hydrogens is 220 g/mol. The largest absolute Gasteiger partial charge is 0.370 e. The molecule has 16 heavy (non-hydrogen) atoms. The van der Waals surface area contributed by atoms with Crippen molar-refractivity contribution in [2.24, 2.45) is 20.5 Å². The lowest BCUT2D eigenvalue weighted by Crippen LogP contribution is -2.39. The van der Waals surface area contributed by atoms with Crippen molar-refractivity contribution in [3.63, 3.8) is 0 Å². The van der Waals surface area contributed by atoms with E-state index >= 15 is 0 Å². The molecule has 0 saturated heterocycles. The second-order valence-electron chi connectivity index (χ2n) is 2.83. The van der Waals surface area contributed by atoms with E-state index in [-0.39, 0.29) is 13.1 Å². The number of azo groups is 2. The van der Waals surface area contributed by atoms with Crippen molar-refractivity contribution < 1.29 is 19.2 Å². The number of nitrogens with zero attached hydrogens (tertiary/aromatic N) is 6. The summed E-state index contributed by atoms with van der Waals surface area (Å²) >= 11 is 0. The van der Waals surface area contributed by atoms with E-state index in [2.05, 4.69) is 20.5 Å². The van der Waals surface area contributed by atoms with Crippen molar-refractivity contribution in [1.82, 2.24) is 9.80 Å². The zero-order chi connectivity index (χ0) is 11.7. The van der Waals surface area contributed by atoms with E-state index in [1.807, 2.05) is 0 Å². The normalized spacial score (nSPS) is 19.5. The first-order valence-electron chi connectivity index (χ1n) is 4.14. The number of hydrogen-bond donors (Lipinski definition) is 0. The highest BCUT2D eigenvalue weighted by Gasteiger charge is 2.32. The van der Waals surface area contributed by atoms with Crippen molar-refractivity contribution in [3.05, 3.63) is 0 Å². The van der Waals surface area contributed by atoms with Crippen LogP contribution in [0.5, 0.6) is 0 Å². The maximum Gasteiger partial charge on any atom is 0.370 e. The molecular formula is C6H4N6O4. The molecule has 0 unspecified atom stereocenters. The molecule has 0 bridgehead atoms. The minimum absolute atomic E-state index is 0.173. The summed E-state index contributed by atoms with van der Waals surface area (Å²) in [7, 11) is 0. The van der Waals surface area contributed by atoms with Crippen LogP contribution in [0.15, 0.2) is 20.5 Å². The molecule has 2 aliphatic rings. The summed E-state index contributed by atoms with van der Waals surface area (Å²) in [5.41, 5.74) is 0. The van der Waals surface area contributed by atoms with Crippen molar-refractivity contribution in [2.75, 3.05) is 13.1 Å². The summed E-state index contributed by atoms with van der Waals surface area (Å²) in [4.78, 5) is 45.3. The highest BCUT2D eigenvalue weighted by atomic mass is 16.2. The predicted molar refractivity (Wildman–Crippen MR) is 44.7 cm³/mol. The molecule has 10 nitrogen and oxygen atoms in total. The van der Waals surface area contributed by atoms with Gasteiger partial charge in [-0.3, -0.25) is 0 Å². The first-order chi connectivity index (χ1) is 7.59. The second kappa shape index (κ2) is 3.56. The number of amides is 8. The molecule has 0 aliphatic carbocycles. The maximum absolute atomic E-state index is 11.0.